The van der Waals surface area contributed by atoms with Gasteiger partial charge in [-0.15, -0.1) is 0 Å². The van der Waals surface area contributed by atoms with Gasteiger partial charge in [-0.25, -0.2) is 0 Å². The van der Waals surface area contributed by atoms with Crippen LogP contribution in [0.1, 0.15) is 26.2 Å². The van der Waals surface area contributed by atoms with Gasteiger partial charge in [0.2, 0.25) is 5.62 Å². The summed E-state index contributed by atoms with van der Waals surface area (Å²) in [7, 11) is 0. The van der Waals surface area contributed by atoms with E-state index >= 15 is 0 Å². The molecule has 5 nitrogen and oxygen atoms in total. The molecule has 0 aliphatic heterocycles. The lowest BCUT2D eigenvalue weighted by molar-refractivity contribution is 0.0921. The van der Waals surface area contributed by atoms with Crippen molar-refractivity contribution in [1.29, 1.82) is 5.41 Å². The summed E-state index contributed by atoms with van der Waals surface area (Å²) in [4.78, 5) is 0. The summed E-state index contributed by atoms with van der Waals surface area (Å²) in [6, 6.07) is 15.0. The molecule has 0 radical (unpaired) electrons. The van der Waals surface area contributed by atoms with E-state index in [1.165, 1.54) is 0 Å². The van der Waals surface area contributed by atoms with Crippen molar-refractivity contribution in [2.45, 2.75) is 45.4 Å². The maximum absolute atomic E-state index is 10.5. The maximum atomic E-state index is 10.5. The van der Waals surface area contributed by atoms with Crippen LogP contribution in [-0.4, -0.2) is 27.0 Å². The number of aliphatic hydroxyl groups is 1. The van der Waals surface area contributed by atoms with Crippen molar-refractivity contribution in [2.24, 2.45) is 0 Å². The van der Waals surface area contributed by atoms with E-state index in [1.54, 1.807) is 24.3 Å². The van der Waals surface area contributed by atoms with E-state index in [0.717, 1.165) is 36.8 Å². The smallest absolute Gasteiger partial charge is 0.203 e. The molecule has 3 aromatic rings. The van der Waals surface area contributed by atoms with Crippen LogP contribution in [0, 0.1) is 5.41 Å². The van der Waals surface area contributed by atoms with Crippen LogP contribution in [0.2, 0.25) is 5.02 Å². The monoisotopic (exact) mass is 387 g/mol. The van der Waals surface area contributed by atoms with Crippen LogP contribution in [-0.2, 0) is 13.1 Å². The van der Waals surface area contributed by atoms with Crippen LogP contribution in [0.15, 0.2) is 48.5 Å². The third-order valence-corrected chi connectivity index (χ3v) is 4.86. The quantitative estimate of drug-likeness (QED) is 0.540. The van der Waals surface area contributed by atoms with E-state index in [4.69, 9.17) is 21.7 Å². The number of para-hydroxylation sites is 2. The Morgan fingerprint density at radius 3 is 2.37 bits per heavy atom. The fourth-order valence-corrected chi connectivity index (χ4v) is 3.34. The van der Waals surface area contributed by atoms with Crippen molar-refractivity contribution in [3.05, 3.63) is 59.2 Å². The van der Waals surface area contributed by atoms with Gasteiger partial charge in [0.1, 0.15) is 18.5 Å². The summed E-state index contributed by atoms with van der Waals surface area (Å²) in [5.41, 5.74) is 2.41. The van der Waals surface area contributed by atoms with Gasteiger partial charge >= 0.3 is 0 Å². The second-order valence-corrected chi connectivity index (χ2v) is 7.14. The van der Waals surface area contributed by atoms with Gasteiger partial charge < -0.3 is 19.0 Å². The summed E-state index contributed by atoms with van der Waals surface area (Å²) in [6.45, 7) is 3.46. The lowest BCUT2D eigenvalue weighted by Crippen LogP contribution is -2.31. The minimum absolute atomic E-state index is 0.156. The topological polar surface area (TPSA) is 63.2 Å². The van der Waals surface area contributed by atoms with E-state index in [0.29, 0.717) is 22.9 Å². The first-order valence-corrected chi connectivity index (χ1v) is 9.77. The van der Waals surface area contributed by atoms with Gasteiger partial charge in [-0.1, -0.05) is 43.5 Å². The number of aromatic nitrogens is 2. The largest absolute Gasteiger partial charge is 0.491 e. The Balaban J connectivity index is 1.74. The molecule has 3 rings (SSSR count). The number of ether oxygens (including phenoxy) is 1. The molecule has 0 fully saturated rings. The number of rotatable bonds is 9. The Hall–Kier alpha value is -2.24. The Morgan fingerprint density at radius 1 is 1.04 bits per heavy atom. The van der Waals surface area contributed by atoms with Crippen LogP contribution in [0.5, 0.6) is 5.75 Å². The van der Waals surface area contributed by atoms with Crippen LogP contribution in [0.4, 0.5) is 0 Å². The minimum Gasteiger partial charge on any atom is -0.491 e. The Morgan fingerprint density at radius 2 is 1.70 bits per heavy atom. The van der Waals surface area contributed by atoms with Crippen molar-refractivity contribution in [2.75, 3.05) is 6.61 Å². The zero-order valence-corrected chi connectivity index (χ0v) is 16.3. The number of halogens is 1. The molecule has 0 amide bonds. The molecule has 0 spiro atoms. The van der Waals surface area contributed by atoms with Crippen LogP contribution < -0.4 is 10.4 Å². The molecule has 27 heavy (non-hydrogen) atoms. The molecular weight excluding hydrogens is 362 g/mol. The summed E-state index contributed by atoms with van der Waals surface area (Å²) in [6.07, 6.45) is 2.62. The van der Waals surface area contributed by atoms with Gasteiger partial charge in [0.15, 0.2) is 0 Å². The fourth-order valence-electron chi connectivity index (χ4n) is 3.21. The first-order valence-electron chi connectivity index (χ1n) is 9.39. The van der Waals surface area contributed by atoms with Gasteiger partial charge in [0, 0.05) is 11.6 Å². The third-order valence-electron chi connectivity index (χ3n) is 4.61. The van der Waals surface area contributed by atoms with E-state index < -0.39 is 6.10 Å². The highest BCUT2D eigenvalue weighted by Crippen LogP contribution is 2.17. The molecule has 1 heterocycles. The second kappa shape index (κ2) is 9.11. The Kier molecular flexibility index (Phi) is 6.58. The molecule has 0 bridgehead atoms. The molecule has 0 saturated heterocycles. The lowest BCUT2D eigenvalue weighted by atomic mass is 10.2. The molecule has 6 heteroatoms. The van der Waals surface area contributed by atoms with Crippen LogP contribution in [0.25, 0.3) is 11.0 Å². The highest BCUT2D eigenvalue weighted by Gasteiger charge is 2.14. The molecule has 0 aliphatic carbocycles. The molecule has 0 saturated carbocycles. The summed E-state index contributed by atoms with van der Waals surface area (Å²) >= 11 is 5.87. The highest BCUT2D eigenvalue weighted by molar-refractivity contribution is 6.30. The molecule has 144 valence electrons. The van der Waals surface area contributed by atoms with Crippen molar-refractivity contribution < 1.29 is 9.84 Å². The number of imidazole rings is 1. The first-order chi connectivity index (χ1) is 13.1. The third kappa shape index (κ3) is 4.73. The number of nitrogens with zero attached hydrogens (tertiary/aromatic N) is 2. The average Bonchev–Trinajstić information content (AvgIpc) is 2.94. The second-order valence-electron chi connectivity index (χ2n) is 6.70. The number of unbranched alkanes of at least 4 members (excludes halogenated alkanes) is 2. The lowest BCUT2D eigenvalue weighted by Gasteiger charge is -2.14. The van der Waals surface area contributed by atoms with Gasteiger partial charge in [0.25, 0.3) is 0 Å². The fraction of sp³-hybridized carbons (Fsp3) is 0.381. The molecule has 2 aromatic carbocycles. The molecule has 2 N–H and O–H groups in total. The van der Waals surface area contributed by atoms with E-state index in [1.807, 2.05) is 33.4 Å². The number of aliphatic hydroxyl groups excluding tert-OH is 1. The van der Waals surface area contributed by atoms with Crippen LogP contribution in [0.3, 0.4) is 0 Å². The average molecular weight is 388 g/mol. The number of hydrogen-bond donors (Lipinski definition) is 2. The first kappa shape index (κ1) is 19.5. The number of benzene rings is 2. The molecule has 1 aromatic heterocycles. The molecule has 0 aliphatic rings. The van der Waals surface area contributed by atoms with Crippen molar-refractivity contribution >= 4 is 22.6 Å². The molecular formula is C21H26ClN3O2. The van der Waals surface area contributed by atoms with Crippen molar-refractivity contribution in [3.8, 4) is 5.75 Å². The highest BCUT2D eigenvalue weighted by atomic mass is 35.5. The van der Waals surface area contributed by atoms with Gasteiger partial charge in [-0.2, -0.15) is 0 Å². The summed E-state index contributed by atoms with van der Waals surface area (Å²) in [5.74, 6) is 0.663. The van der Waals surface area contributed by atoms with Gasteiger partial charge in [-0.3, -0.25) is 5.41 Å². The van der Waals surface area contributed by atoms with Crippen LogP contribution >= 0.6 is 11.6 Å². The molecule has 0 unspecified atom stereocenters. The van der Waals surface area contributed by atoms with E-state index in [2.05, 4.69) is 6.92 Å². The Labute approximate surface area is 164 Å². The predicted molar refractivity (Wildman–Crippen MR) is 108 cm³/mol. The summed E-state index contributed by atoms with van der Waals surface area (Å²) in [5, 5.41) is 19.7. The van der Waals surface area contributed by atoms with Gasteiger partial charge in [-0.05, 0) is 42.8 Å². The number of hydrogen-bond acceptors (Lipinski definition) is 3. The SMILES string of the molecule is CCCCCn1c(=N)n(C[C@H](O)COc2ccc(Cl)cc2)c2ccccc21. The van der Waals surface area contributed by atoms with Crippen molar-refractivity contribution in [1.82, 2.24) is 9.13 Å². The number of aryl methyl sites for hydroxylation is 1. The zero-order chi connectivity index (χ0) is 19.2. The minimum atomic E-state index is -0.718. The predicted octanol–water partition coefficient (Wildman–Crippen LogP) is 4.21. The molecule has 1 atom stereocenters. The number of fused-ring (bicyclic) bond motifs is 1. The number of nitrogens with one attached hydrogen (secondary N) is 1. The standard InChI is InChI=1S/C21H26ClN3O2/c1-2-3-6-13-24-19-7-4-5-8-20(19)25(21(24)23)14-17(26)15-27-18-11-9-16(22)10-12-18/h4-5,7-12,17,23,26H,2-3,6,13-15H2,1H3/t17-/m0/s1. The Bertz CT molecular complexity index is 931. The van der Waals surface area contributed by atoms with Crippen molar-refractivity contribution in [3.63, 3.8) is 0 Å². The summed E-state index contributed by atoms with van der Waals surface area (Å²) < 4.78 is 9.53. The maximum Gasteiger partial charge on any atom is 0.203 e. The normalized spacial score (nSPS) is 12.4. The van der Waals surface area contributed by atoms with Gasteiger partial charge in [0.05, 0.1) is 17.6 Å². The zero-order valence-electron chi connectivity index (χ0n) is 15.6. The van der Waals surface area contributed by atoms with E-state index in [-0.39, 0.29) is 6.61 Å². The van der Waals surface area contributed by atoms with E-state index in [9.17, 15) is 5.11 Å².